The molecule has 0 bridgehead atoms. The van der Waals surface area contributed by atoms with Crippen LogP contribution < -0.4 is 9.47 Å². The van der Waals surface area contributed by atoms with Gasteiger partial charge in [0.1, 0.15) is 11.5 Å². The fourth-order valence-electron chi connectivity index (χ4n) is 3.34. The van der Waals surface area contributed by atoms with E-state index in [2.05, 4.69) is 10.1 Å². The molecule has 0 atom stereocenters. The minimum atomic E-state index is -3.42. The van der Waals surface area contributed by atoms with Gasteiger partial charge < -0.3 is 18.4 Å². The highest BCUT2D eigenvalue weighted by Crippen LogP contribution is 2.37. The van der Waals surface area contributed by atoms with Crippen LogP contribution >= 0.6 is 0 Å². The minimum Gasteiger partial charge on any atom is -0.493 e. The summed E-state index contributed by atoms with van der Waals surface area (Å²) < 4.78 is 47.0. The number of hydrogen-bond acceptors (Lipinski definition) is 8. The van der Waals surface area contributed by atoms with Gasteiger partial charge >= 0.3 is 0 Å². The Morgan fingerprint density at radius 3 is 2.50 bits per heavy atom. The summed E-state index contributed by atoms with van der Waals surface area (Å²) >= 11 is 0. The van der Waals surface area contributed by atoms with Crippen molar-refractivity contribution >= 4 is 9.84 Å². The van der Waals surface area contributed by atoms with Crippen LogP contribution in [0.5, 0.6) is 11.5 Å². The van der Waals surface area contributed by atoms with Crippen LogP contribution in [0.15, 0.2) is 63.5 Å². The van der Waals surface area contributed by atoms with Crippen LogP contribution in [-0.2, 0) is 21.3 Å². The van der Waals surface area contributed by atoms with Crippen molar-refractivity contribution in [2.45, 2.75) is 18.4 Å². The molecule has 4 rings (SSSR count). The molecule has 0 N–H and O–H groups in total. The van der Waals surface area contributed by atoms with E-state index in [1.807, 2.05) is 31.2 Å². The first kappa shape index (κ1) is 21.6. The van der Waals surface area contributed by atoms with Crippen LogP contribution in [-0.4, -0.2) is 32.8 Å². The monoisotopic (exact) mass is 454 g/mol. The summed E-state index contributed by atoms with van der Waals surface area (Å²) in [5.41, 5.74) is 2.30. The Balaban J connectivity index is 1.54. The van der Waals surface area contributed by atoms with Crippen molar-refractivity contribution in [3.63, 3.8) is 0 Å². The van der Waals surface area contributed by atoms with Gasteiger partial charge in [-0.15, -0.1) is 0 Å². The zero-order chi connectivity index (χ0) is 22.7. The smallest absolute Gasteiger partial charge is 0.293 e. The molecule has 2 heterocycles. The van der Waals surface area contributed by atoms with Crippen LogP contribution in [0.4, 0.5) is 0 Å². The number of sulfone groups is 1. The van der Waals surface area contributed by atoms with Crippen LogP contribution in [0, 0.1) is 6.92 Å². The summed E-state index contributed by atoms with van der Waals surface area (Å²) in [4.78, 5) is 4.37. The van der Waals surface area contributed by atoms with E-state index in [1.54, 1.807) is 37.4 Å². The van der Waals surface area contributed by atoms with E-state index in [0.29, 0.717) is 28.6 Å². The van der Waals surface area contributed by atoms with Gasteiger partial charge in [-0.05, 0) is 42.3 Å². The molecule has 0 fully saturated rings. The Morgan fingerprint density at radius 2 is 1.75 bits per heavy atom. The van der Waals surface area contributed by atoms with Gasteiger partial charge in [-0.25, -0.2) is 8.42 Å². The highest BCUT2D eigenvalue weighted by Gasteiger charge is 2.21. The van der Waals surface area contributed by atoms with Gasteiger partial charge in [0.2, 0.25) is 5.82 Å². The molecule has 8 nitrogen and oxygen atoms in total. The van der Waals surface area contributed by atoms with Crippen molar-refractivity contribution in [2.24, 2.45) is 0 Å². The van der Waals surface area contributed by atoms with E-state index in [0.717, 1.165) is 11.1 Å². The van der Waals surface area contributed by atoms with Crippen molar-refractivity contribution < 1.29 is 26.8 Å². The van der Waals surface area contributed by atoms with Crippen LogP contribution in [0.2, 0.25) is 0 Å². The van der Waals surface area contributed by atoms with Crippen molar-refractivity contribution in [3.05, 3.63) is 71.5 Å². The van der Waals surface area contributed by atoms with E-state index in [1.165, 1.54) is 7.11 Å². The van der Waals surface area contributed by atoms with E-state index in [-0.39, 0.29) is 23.2 Å². The average Bonchev–Trinajstić information content (AvgIpc) is 3.44. The van der Waals surface area contributed by atoms with Crippen LogP contribution in [0.25, 0.3) is 23.0 Å². The summed E-state index contributed by atoms with van der Waals surface area (Å²) in [6.45, 7) is 1.89. The molecule has 0 saturated heterocycles. The van der Waals surface area contributed by atoms with Crippen molar-refractivity contribution in [2.75, 3.05) is 14.2 Å². The first-order chi connectivity index (χ1) is 15.4. The minimum absolute atomic E-state index is 0.0595. The highest BCUT2D eigenvalue weighted by molar-refractivity contribution is 7.89. The molecule has 0 radical (unpaired) electrons. The average molecular weight is 455 g/mol. The van der Waals surface area contributed by atoms with Gasteiger partial charge in [0.25, 0.3) is 5.89 Å². The second kappa shape index (κ2) is 8.88. The quantitative estimate of drug-likeness (QED) is 0.385. The molecule has 9 heteroatoms. The fraction of sp³-hybridized carbons (Fsp3) is 0.217. The third kappa shape index (κ3) is 4.52. The van der Waals surface area contributed by atoms with E-state index in [4.69, 9.17) is 18.4 Å². The fourth-order valence-corrected chi connectivity index (χ4v) is 4.83. The first-order valence-corrected chi connectivity index (χ1v) is 11.6. The number of rotatable bonds is 8. The lowest BCUT2D eigenvalue weighted by atomic mass is 10.1. The number of benzene rings is 2. The van der Waals surface area contributed by atoms with Gasteiger partial charge in [0, 0.05) is 0 Å². The van der Waals surface area contributed by atoms with Gasteiger partial charge in [0.15, 0.2) is 27.1 Å². The van der Waals surface area contributed by atoms with Crippen LogP contribution in [0.1, 0.15) is 16.9 Å². The first-order valence-electron chi connectivity index (χ1n) is 9.79. The maximum atomic E-state index is 12.7. The second-order valence-electron chi connectivity index (χ2n) is 7.19. The molecule has 4 aromatic rings. The predicted molar refractivity (Wildman–Crippen MR) is 118 cm³/mol. The summed E-state index contributed by atoms with van der Waals surface area (Å²) in [7, 11) is -0.356. The molecule has 0 aliphatic carbocycles. The lowest BCUT2D eigenvalue weighted by Gasteiger charge is -2.09. The SMILES string of the molecule is COc1cccc(-c2noc(-c3ccc(CS(=O)(=O)Cc4ccccc4C)o3)n2)c1OC. The molecule has 2 aromatic heterocycles. The second-order valence-corrected chi connectivity index (χ2v) is 9.25. The van der Waals surface area contributed by atoms with Crippen molar-refractivity contribution in [1.82, 2.24) is 10.1 Å². The standard InChI is InChI=1S/C23H22N2O6S/c1-15-7-4-5-8-16(15)13-32(26,27)14-17-11-12-20(30-17)23-24-22(25-31-23)18-9-6-10-19(28-2)21(18)29-3/h4-12H,13-14H2,1-3H3. The zero-order valence-electron chi connectivity index (χ0n) is 17.9. The normalized spacial score (nSPS) is 11.5. The molecule has 0 aliphatic heterocycles. The Hall–Kier alpha value is -3.59. The van der Waals surface area contributed by atoms with Gasteiger partial charge in [-0.1, -0.05) is 35.5 Å². The lowest BCUT2D eigenvalue weighted by molar-refractivity contribution is 0.355. The van der Waals surface area contributed by atoms with Gasteiger partial charge in [-0.3, -0.25) is 0 Å². The Kier molecular flexibility index (Phi) is 6.00. The number of nitrogens with zero attached hydrogens (tertiary/aromatic N) is 2. The molecule has 0 unspecified atom stereocenters. The Labute approximate surface area is 185 Å². The lowest BCUT2D eigenvalue weighted by Crippen LogP contribution is -2.08. The van der Waals surface area contributed by atoms with E-state index < -0.39 is 9.84 Å². The summed E-state index contributed by atoms with van der Waals surface area (Å²) in [5, 5.41) is 4.00. The Bertz CT molecular complexity index is 1340. The number of para-hydroxylation sites is 1. The third-order valence-electron chi connectivity index (χ3n) is 4.94. The number of methoxy groups -OCH3 is 2. The molecule has 2 aromatic carbocycles. The largest absolute Gasteiger partial charge is 0.493 e. The molecule has 0 spiro atoms. The molecule has 0 aliphatic rings. The number of aromatic nitrogens is 2. The molecular formula is C23H22N2O6S. The number of aryl methyl sites for hydroxylation is 1. The summed E-state index contributed by atoms with van der Waals surface area (Å²) in [6.07, 6.45) is 0. The summed E-state index contributed by atoms with van der Waals surface area (Å²) in [5.74, 6) is 1.73. The maximum Gasteiger partial charge on any atom is 0.293 e. The number of hydrogen-bond donors (Lipinski definition) is 0. The topological polar surface area (TPSA) is 105 Å². The molecule has 0 saturated carbocycles. The highest BCUT2D eigenvalue weighted by atomic mass is 32.2. The number of furan rings is 1. The van der Waals surface area contributed by atoms with Crippen molar-refractivity contribution in [3.8, 4) is 34.5 Å². The zero-order valence-corrected chi connectivity index (χ0v) is 18.7. The maximum absolute atomic E-state index is 12.7. The van der Waals surface area contributed by atoms with Gasteiger partial charge in [0.05, 0.1) is 25.5 Å². The third-order valence-corrected chi connectivity index (χ3v) is 6.42. The number of ether oxygens (including phenoxy) is 2. The van der Waals surface area contributed by atoms with Crippen molar-refractivity contribution in [1.29, 1.82) is 0 Å². The van der Waals surface area contributed by atoms with Crippen LogP contribution in [0.3, 0.4) is 0 Å². The van der Waals surface area contributed by atoms with E-state index >= 15 is 0 Å². The molecule has 166 valence electrons. The molecule has 0 amide bonds. The Morgan fingerprint density at radius 1 is 0.938 bits per heavy atom. The van der Waals surface area contributed by atoms with E-state index in [9.17, 15) is 8.42 Å². The predicted octanol–water partition coefficient (Wildman–Crippen LogP) is 4.44. The summed E-state index contributed by atoms with van der Waals surface area (Å²) in [6, 6.07) is 15.9. The van der Waals surface area contributed by atoms with Gasteiger partial charge in [-0.2, -0.15) is 4.98 Å². The molecule has 32 heavy (non-hydrogen) atoms. The molecular weight excluding hydrogens is 432 g/mol.